The molecule has 52 heavy (non-hydrogen) atoms. The van der Waals surface area contributed by atoms with Crippen LogP contribution in [0.1, 0.15) is 55.3 Å². The first kappa shape index (κ1) is 37.9. The molecule has 2 amide bonds. The van der Waals surface area contributed by atoms with E-state index in [-0.39, 0.29) is 37.9 Å². The van der Waals surface area contributed by atoms with Crippen molar-refractivity contribution in [3.63, 3.8) is 0 Å². The highest BCUT2D eigenvalue weighted by atomic mass is 19.4. The zero-order chi connectivity index (χ0) is 38.2. The summed E-state index contributed by atoms with van der Waals surface area (Å²) >= 11 is 0. The van der Waals surface area contributed by atoms with Gasteiger partial charge in [-0.15, -0.1) is 0 Å². The summed E-state index contributed by atoms with van der Waals surface area (Å²) in [6.07, 6.45) is -8.33. The summed E-state index contributed by atoms with van der Waals surface area (Å²) in [5, 5.41) is 24.6. The lowest BCUT2D eigenvalue weighted by Gasteiger charge is -2.48. The molecule has 278 valence electrons. The number of carboxylic acid groups (broad SMARTS) is 1. The van der Waals surface area contributed by atoms with Crippen LogP contribution in [0.3, 0.4) is 0 Å². The quantitative estimate of drug-likeness (QED) is 0.118. The predicted molar refractivity (Wildman–Crippen MR) is 164 cm³/mol. The maximum Gasteiger partial charge on any atom is 0.433 e. The summed E-state index contributed by atoms with van der Waals surface area (Å²) in [5.41, 5.74) is -7.21. The number of anilines is 1. The number of aliphatic hydroxyl groups is 1. The second-order valence-corrected chi connectivity index (χ2v) is 12.0. The van der Waals surface area contributed by atoms with Crippen molar-refractivity contribution < 1.29 is 64.5 Å². The number of amides is 2. The minimum atomic E-state index is -5.00. The van der Waals surface area contributed by atoms with E-state index in [1.807, 2.05) is 0 Å². The number of halogens is 8. The molecule has 11 nitrogen and oxygen atoms in total. The van der Waals surface area contributed by atoms with Crippen molar-refractivity contribution in [2.75, 3.05) is 19.0 Å². The standard InChI is InChI=1S/C33H29F8N5O6/c1-45-31(10-2-3-11-31)28(49)25(30(51)46(45)15-17-6-9-22(27(35)26(17)34)52-12-4-5-24(47)48)29(50)44-20-8-7-18(32(36,37)38)13-19(20)21-14-23(33(39,40)41)43-16-42-21/h6-9,13-14,16,49H,2-5,10-12,15H2,1H3,(H,44,50)(H,47,48). The number of aliphatic carboxylic acids is 1. The van der Waals surface area contributed by atoms with Crippen LogP contribution in [0, 0.1) is 11.6 Å². The van der Waals surface area contributed by atoms with Crippen molar-refractivity contribution in [2.24, 2.45) is 0 Å². The van der Waals surface area contributed by atoms with E-state index in [4.69, 9.17) is 9.84 Å². The maximum atomic E-state index is 15.3. The monoisotopic (exact) mass is 743 g/mol. The molecule has 1 spiro atoms. The molecule has 2 aliphatic rings. The molecule has 1 aromatic heterocycles. The molecule has 2 heterocycles. The molecule has 1 saturated carbocycles. The second-order valence-electron chi connectivity index (χ2n) is 12.0. The fraction of sp³-hybridized carbons (Fsp3) is 0.364. The molecule has 1 aliphatic heterocycles. The number of hydrogen-bond acceptors (Lipinski definition) is 8. The van der Waals surface area contributed by atoms with Crippen LogP contribution >= 0.6 is 0 Å². The molecule has 0 radical (unpaired) electrons. The van der Waals surface area contributed by atoms with Gasteiger partial charge in [-0.05, 0) is 49.6 Å². The zero-order valence-electron chi connectivity index (χ0n) is 27.0. The van der Waals surface area contributed by atoms with Gasteiger partial charge in [0.1, 0.15) is 23.4 Å². The molecular weight excluding hydrogens is 714 g/mol. The highest BCUT2D eigenvalue weighted by Gasteiger charge is 2.53. The van der Waals surface area contributed by atoms with Gasteiger partial charge in [0.2, 0.25) is 5.82 Å². The third-order valence-corrected chi connectivity index (χ3v) is 8.83. The number of carboxylic acids is 1. The van der Waals surface area contributed by atoms with E-state index >= 15 is 4.39 Å². The van der Waals surface area contributed by atoms with E-state index in [0.29, 0.717) is 37.4 Å². The second kappa shape index (κ2) is 14.4. The van der Waals surface area contributed by atoms with E-state index in [1.165, 1.54) is 12.1 Å². The van der Waals surface area contributed by atoms with Crippen LogP contribution in [0.2, 0.25) is 0 Å². The number of alkyl halides is 6. The Morgan fingerprint density at radius 1 is 0.981 bits per heavy atom. The summed E-state index contributed by atoms with van der Waals surface area (Å²) in [4.78, 5) is 45.2. The normalized spacial score (nSPS) is 16.5. The molecule has 0 saturated heterocycles. The van der Waals surface area contributed by atoms with Gasteiger partial charge in [0.05, 0.1) is 35.6 Å². The number of aliphatic hydroxyl groups excluding tert-OH is 1. The number of hydrogen-bond donors (Lipinski definition) is 3. The fourth-order valence-electron chi connectivity index (χ4n) is 6.14. The van der Waals surface area contributed by atoms with Crippen LogP contribution in [0.5, 0.6) is 5.75 Å². The number of nitrogens with zero attached hydrogens (tertiary/aromatic N) is 4. The zero-order valence-corrected chi connectivity index (χ0v) is 27.0. The number of benzene rings is 2. The number of rotatable bonds is 10. The number of aromatic nitrogens is 2. The SMILES string of the molecule is CN1N(Cc2ccc(OCCCC(=O)O)c(F)c2F)C(=O)C(C(=O)Nc2ccc(C(F)(F)F)cc2-c2cc(C(F)(F)F)ncn2)=C(O)C12CCCC2. The van der Waals surface area contributed by atoms with Crippen molar-refractivity contribution in [3.8, 4) is 17.0 Å². The Morgan fingerprint density at radius 2 is 1.67 bits per heavy atom. The van der Waals surface area contributed by atoms with E-state index in [1.54, 1.807) is 0 Å². The Balaban J connectivity index is 1.50. The molecule has 19 heteroatoms. The van der Waals surface area contributed by atoms with Crippen LogP contribution in [0.15, 0.2) is 54.1 Å². The molecular formula is C33H29F8N5O6. The van der Waals surface area contributed by atoms with Crippen molar-refractivity contribution >= 4 is 23.5 Å². The van der Waals surface area contributed by atoms with E-state index < -0.39 is 99.1 Å². The van der Waals surface area contributed by atoms with Gasteiger partial charge in [-0.3, -0.25) is 19.4 Å². The van der Waals surface area contributed by atoms with Gasteiger partial charge in [-0.1, -0.05) is 18.9 Å². The Kier molecular flexibility index (Phi) is 10.5. The summed E-state index contributed by atoms with van der Waals surface area (Å²) in [6, 6.07) is 4.28. The lowest BCUT2D eigenvalue weighted by molar-refractivity contribution is -0.163. The summed E-state index contributed by atoms with van der Waals surface area (Å²) in [6.45, 7) is -0.905. The average molecular weight is 744 g/mol. The van der Waals surface area contributed by atoms with Crippen molar-refractivity contribution in [1.82, 2.24) is 20.0 Å². The smallest absolute Gasteiger partial charge is 0.433 e. The molecule has 1 aliphatic carbocycles. The largest absolute Gasteiger partial charge is 0.509 e. The predicted octanol–water partition coefficient (Wildman–Crippen LogP) is 6.66. The summed E-state index contributed by atoms with van der Waals surface area (Å²) in [5.74, 6) is -7.74. The van der Waals surface area contributed by atoms with E-state index in [9.17, 15) is 50.2 Å². The van der Waals surface area contributed by atoms with Gasteiger partial charge in [-0.2, -0.15) is 30.7 Å². The lowest BCUT2D eigenvalue weighted by Crippen LogP contribution is -2.62. The Hall–Kier alpha value is -5.33. The first-order valence-corrected chi connectivity index (χ1v) is 15.6. The van der Waals surface area contributed by atoms with Crippen LogP contribution < -0.4 is 10.1 Å². The third kappa shape index (κ3) is 7.49. The van der Waals surface area contributed by atoms with Gasteiger partial charge in [-0.25, -0.2) is 19.4 Å². The number of nitrogens with one attached hydrogen (secondary N) is 1. The number of likely N-dealkylation sites (N-methyl/N-ethyl adjacent to an activating group) is 1. The fourth-order valence-corrected chi connectivity index (χ4v) is 6.14. The Labute approximate surface area is 289 Å². The van der Waals surface area contributed by atoms with Gasteiger partial charge in [0, 0.05) is 24.6 Å². The third-order valence-electron chi connectivity index (χ3n) is 8.83. The lowest BCUT2D eigenvalue weighted by atomic mass is 9.88. The van der Waals surface area contributed by atoms with Crippen LogP contribution in [-0.4, -0.2) is 67.2 Å². The molecule has 3 aromatic rings. The number of ether oxygens (including phenoxy) is 1. The van der Waals surface area contributed by atoms with Crippen molar-refractivity contribution in [1.29, 1.82) is 0 Å². The molecule has 0 atom stereocenters. The highest BCUT2D eigenvalue weighted by Crippen LogP contribution is 2.45. The first-order valence-electron chi connectivity index (χ1n) is 15.6. The summed E-state index contributed by atoms with van der Waals surface area (Å²) in [7, 11) is 1.39. The first-order chi connectivity index (χ1) is 24.3. The van der Waals surface area contributed by atoms with Crippen molar-refractivity contribution in [2.45, 2.75) is 63.0 Å². The van der Waals surface area contributed by atoms with Crippen LogP contribution in [0.25, 0.3) is 11.3 Å². The number of carbonyl (C=O) groups is 3. The van der Waals surface area contributed by atoms with Crippen molar-refractivity contribution in [3.05, 3.63) is 82.5 Å². The van der Waals surface area contributed by atoms with Gasteiger partial charge in [0.15, 0.2) is 11.6 Å². The number of carbonyl (C=O) groups excluding carboxylic acids is 2. The van der Waals surface area contributed by atoms with E-state index in [0.717, 1.165) is 23.2 Å². The molecule has 1 fully saturated rings. The highest BCUT2D eigenvalue weighted by molar-refractivity contribution is 6.24. The minimum absolute atomic E-state index is 0.00952. The van der Waals surface area contributed by atoms with Crippen LogP contribution in [0.4, 0.5) is 40.8 Å². The molecule has 5 rings (SSSR count). The Bertz CT molecular complexity index is 1930. The maximum absolute atomic E-state index is 15.3. The topological polar surface area (TPSA) is 145 Å². The Morgan fingerprint density at radius 3 is 2.31 bits per heavy atom. The van der Waals surface area contributed by atoms with Crippen LogP contribution in [-0.2, 0) is 33.3 Å². The molecule has 0 bridgehead atoms. The summed E-state index contributed by atoms with van der Waals surface area (Å²) < 4.78 is 117. The minimum Gasteiger partial charge on any atom is -0.509 e. The molecule has 3 N–H and O–H groups in total. The van der Waals surface area contributed by atoms with E-state index in [2.05, 4.69) is 15.3 Å². The average Bonchev–Trinajstić information content (AvgIpc) is 3.58. The van der Waals surface area contributed by atoms with Gasteiger partial charge in [0.25, 0.3) is 11.8 Å². The van der Waals surface area contributed by atoms with Gasteiger partial charge >= 0.3 is 18.3 Å². The number of hydrazine groups is 1. The van der Waals surface area contributed by atoms with Gasteiger partial charge < -0.3 is 20.3 Å². The molecule has 2 aromatic carbocycles. The molecule has 0 unspecified atom stereocenters.